The van der Waals surface area contributed by atoms with E-state index in [1.165, 1.54) is 55.7 Å². The molecule has 2 saturated heterocycles. The van der Waals surface area contributed by atoms with Crippen molar-refractivity contribution < 1.29 is 4.79 Å². The van der Waals surface area contributed by atoms with Crippen LogP contribution in [-0.4, -0.2) is 72.8 Å². The number of Topliss-reactive ketones (excluding diaryl/α,β-unsaturated/α-hetero) is 1. The van der Waals surface area contributed by atoms with Gasteiger partial charge in [-0.15, -0.1) is 0 Å². The van der Waals surface area contributed by atoms with Crippen LogP contribution < -0.4 is 0 Å². The third kappa shape index (κ3) is 6.18. The van der Waals surface area contributed by atoms with E-state index < -0.39 is 5.41 Å². The maximum absolute atomic E-state index is 12.8. The van der Waals surface area contributed by atoms with E-state index in [0.29, 0.717) is 18.2 Å². The zero-order valence-electron chi connectivity index (χ0n) is 20.9. The summed E-state index contributed by atoms with van der Waals surface area (Å²) in [5, 5.41) is 0. The Bertz CT molecular complexity index is 736. The Labute approximate surface area is 191 Å². The summed E-state index contributed by atoms with van der Waals surface area (Å²) in [7, 11) is 2.24. The van der Waals surface area contributed by atoms with Crippen LogP contribution in [0.4, 0.5) is 0 Å². The van der Waals surface area contributed by atoms with Crippen molar-refractivity contribution in [3.05, 3.63) is 34.9 Å². The van der Waals surface area contributed by atoms with Gasteiger partial charge in [0.1, 0.15) is 5.78 Å². The summed E-state index contributed by atoms with van der Waals surface area (Å²) >= 11 is 0. The van der Waals surface area contributed by atoms with Crippen LogP contribution in [0.1, 0.15) is 70.1 Å². The molecule has 0 saturated carbocycles. The number of hydrogen-bond acceptors (Lipinski definition) is 4. The zero-order chi connectivity index (χ0) is 22.6. The van der Waals surface area contributed by atoms with Crippen molar-refractivity contribution in [2.75, 3.05) is 46.3 Å². The summed E-state index contributed by atoms with van der Waals surface area (Å²) in [4.78, 5) is 20.5. The highest BCUT2D eigenvalue weighted by Crippen LogP contribution is 2.30. The minimum Gasteiger partial charge on any atom is -0.306 e. The Balaban J connectivity index is 1.59. The number of rotatable bonds is 8. The molecule has 0 aromatic heterocycles. The third-order valence-corrected chi connectivity index (χ3v) is 7.74. The van der Waals surface area contributed by atoms with Crippen molar-refractivity contribution >= 4 is 5.78 Å². The van der Waals surface area contributed by atoms with Crippen molar-refractivity contribution in [1.82, 2.24) is 14.7 Å². The average Bonchev–Trinajstić information content (AvgIpc) is 2.73. The number of carbonyl (C=O) groups excluding carboxylic acids is 1. The van der Waals surface area contributed by atoms with Crippen LogP contribution in [0.15, 0.2) is 18.2 Å². The molecule has 0 aliphatic carbocycles. The van der Waals surface area contributed by atoms with Gasteiger partial charge in [-0.25, -0.2) is 0 Å². The number of piperidine rings is 1. The Morgan fingerprint density at radius 1 is 1.13 bits per heavy atom. The molecule has 2 aliphatic heterocycles. The maximum atomic E-state index is 12.8. The molecule has 174 valence electrons. The molecule has 0 N–H and O–H groups in total. The summed E-state index contributed by atoms with van der Waals surface area (Å²) in [5.74, 6) is 1.22. The monoisotopic (exact) mass is 427 g/mol. The minimum absolute atomic E-state index is 0.353. The molecule has 31 heavy (non-hydrogen) atoms. The van der Waals surface area contributed by atoms with E-state index in [2.05, 4.69) is 74.6 Å². The normalized spacial score (nSPS) is 22.7. The smallest absolute Gasteiger partial charge is 0.142 e. The SMILES string of the molecule is CCCC(=O)C(C)(C)c1cc(CN2CCN(CC3CCN(C)CC3)C(C)C2)ccc1C. The van der Waals surface area contributed by atoms with Crippen LogP contribution in [0.5, 0.6) is 0 Å². The minimum atomic E-state index is -0.407. The fourth-order valence-corrected chi connectivity index (χ4v) is 5.45. The standard InChI is InChI=1S/C27H45N3O/c1-7-8-26(31)27(4,5)25-17-24(10-9-21(25)2)19-29-15-16-30(22(3)18-29)20-23-11-13-28(6)14-12-23/h9-10,17,22-23H,7-8,11-16,18-20H2,1-6H3. The molecule has 2 fully saturated rings. The van der Waals surface area contributed by atoms with Gasteiger partial charge in [-0.2, -0.15) is 0 Å². The number of carbonyl (C=O) groups is 1. The molecule has 2 aliphatic rings. The molecule has 3 rings (SSSR count). The number of ketones is 1. The fourth-order valence-electron chi connectivity index (χ4n) is 5.45. The van der Waals surface area contributed by atoms with E-state index in [9.17, 15) is 4.79 Å². The zero-order valence-corrected chi connectivity index (χ0v) is 20.9. The van der Waals surface area contributed by atoms with Crippen LogP contribution in [0, 0.1) is 12.8 Å². The molecule has 0 amide bonds. The Morgan fingerprint density at radius 2 is 1.84 bits per heavy atom. The first kappa shape index (κ1) is 24.4. The van der Waals surface area contributed by atoms with E-state index in [-0.39, 0.29) is 0 Å². The van der Waals surface area contributed by atoms with Crippen LogP contribution in [-0.2, 0) is 16.8 Å². The second-order valence-electron chi connectivity index (χ2n) is 10.8. The van der Waals surface area contributed by atoms with Gasteiger partial charge in [0.05, 0.1) is 0 Å². The van der Waals surface area contributed by atoms with E-state index >= 15 is 0 Å². The lowest BCUT2D eigenvalue weighted by Gasteiger charge is -2.42. The van der Waals surface area contributed by atoms with Crippen LogP contribution >= 0.6 is 0 Å². The van der Waals surface area contributed by atoms with Gasteiger partial charge in [0.15, 0.2) is 0 Å². The molecular formula is C27H45N3O. The van der Waals surface area contributed by atoms with Gasteiger partial charge in [0, 0.05) is 50.6 Å². The lowest BCUT2D eigenvalue weighted by atomic mass is 9.76. The van der Waals surface area contributed by atoms with Crippen molar-refractivity contribution in [3.63, 3.8) is 0 Å². The number of aryl methyl sites for hydroxylation is 1. The van der Waals surface area contributed by atoms with Crippen molar-refractivity contribution in [2.24, 2.45) is 5.92 Å². The number of nitrogens with zero attached hydrogens (tertiary/aromatic N) is 3. The molecule has 4 nitrogen and oxygen atoms in total. The van der Waals surface area contributed by atoms with Crippen LogP contribution in [0.25, 0.3) is 0 Å². The van der Waals surface area contributed by atoms with Crippen molar-refractivity contribution in [1.29, 1.82) is 0 Å². The lowest BCUT2D eigenvalue weighted by Crippen LogP contribution is -2.53. The second-order valence-corrected chi connectivity index (χ2v) is 10.8. The van der Waals surface area contributed by atoms with E-state index in [0.717, 1.165) is 32.0 Å². The predicted octanol–water partition coefficient (Wildman–Crippen LogP) is 4.49. The molecule has 0 bridgehead atoms. The summed E-state index contributed by atoms with van der Waals surface area (Å²) in [6.07, 6.45) is 4.28. The number of hydrogen-bond donors (Lipinski definition) is 0. The number of benzene rings is 1. The van der Waals surface area contributed by atoms with Gasteiger partial charge < -0.3 is 4.90 Å². The molecule has 0 radical (unpaired) electrons. The van der Waals surface area contributed by atoms with Crippen molar-refractivity contribution in [2.45, 2.75) is 78.3 Å². The van der Waals surface area contributed by atoms with Gasteiger partial charge in [-0.1, -0.05) is 25.1 Å². The number of likely N-dealkylation sites (tertiary alicyclic amines) is 1. The second kappa shape index (κ2) is 10.6. The summed E-state index contributed by atoms with van der Waals surface area (Å²) in [6, 6.07) is 7.39. The summed E-state index contributed by atoms with van der Waals surface area (Å²) in [5.41, 5.74) is 3.37. The highest BCUT2D eigenvalue weighted by molar-refractivity contribution is 5.89. The first-order valence-electron chi connectivity index (χ1n) is 12.5. The molecule has 1 aromatic carbocycles. The molecule has 2 heterocycles. The van der Waals surface area contributed by atoms with Crippen LogP contribution in [0.3, 0.4) is 0 Å². The summed E-state index contributed by atoms with van der Waals surface area (Å²) < 4.78 is 0. The van der Waals surface area contributed by atoms with Gasteiger partial charge in [0.25, 0.3) is 0 Å². The number of piperazine rings is 1. The van der Waals surface area contributed by atoms with E-state index in [1.54, 1.807) is 0 Å². The Kier molecular flexibility index (Phi) is 8.34. The quantitative estimate of drug-likeness (QED) is 0.611. The highest BCUT2D eigenvalue weighted by atomic mass is 16.1. The summed E-state index contributed by atoms with van der Waals surface area (Å²) in [6.45, 7) is 19.0. The van der Waals surface area contributed by atoms with Gasteiger partial charge in [0.2, 0.25) is 0 Å². The molecule has 0 spiro atoms. The maximum Gasteiger partial charge on any atom is 0.142 e. The topological polar surface area (TPSA) is 26.8 Å². The molecule has 1 atom stereocenters. The Hall–Kier alpha value is -1.23. The average molecular weight is 428 g/mol. The first-order valence-corrected chi connectivity index (χ1v) is 12.5. The third-order valence-electron chi connectivity index (χ3n) is 7.74. The largest absolute Gasteiger partial charge is 0.306 e. The molecular weight excluding hydrogens is 382 g/mol. The Morgan fingerprint density at radius 3 is 2.48 bits per heavy atom. The molecule has 4 heteroatoms. The van der Waals surface area contributed by atoms with E-state index in [1.807, 2.05) is 0 Å². The molecule has 1 aromatic rings. The van der Waals surface area contributed by atoms with Crippen molar-refractivity contribution in [3.8, 4) is 0 Å². The molecule has 1 unspecified atom stereocenters. The predicted molar refractivity (Wildman–Crippen MR) is 131 cm³/mol. The fraction of sp³-hybridized carbons (Fsp3) is 0.741. The van der Waals surface area contributed by atoms with Gasteiger partial charge >= 0.3 is 0 Å². The lowest BCUT2D eigenvalue weighted by molar-refractivity contribution is -0.123. The van der Waals surface area contributed by atoms with Gasteiger partial charge in [-0.05, 0) is 89.7 Å². The first-order chi connectivity index (χ1) is 14.7. The van der Waals surface area contributed by atoms with Gasteiger partial charge in [-0.3, -0.25) is 14.6 Å². The highest BCUT2D eigenvalue weighted by Gasteiger charge is 2.31. The van der Waals surface area contributed by atoms with Crippen LogP contribution in [0.2, 0.25) is 0 Å². The van der Waals surface area contributed by atoms with E-state index in [4.69, 9.17) is 0 Å².